The van der Waals surface area contributed by atoms with E-state index >= 15 is 0 Å². The maximum absolute atomic E-state index is 14.7. The number of hydrogen-bond donors (Lipinski definition) is 9. The number of nitrogens with two attached hydrogens (primary N) is 1. The summed E-state index contributed by atoms with van der Waals surface area (Å²) in [5.74, 6) is -5.83. The average molecular weight is 1130 g/mol. The van der Waals surface area contributed by atoms with Crippen LogP contribution in [0.2, 0.25) is 0 Å². The number of ether oxygens (including phenoxy) is 5. The van der Waals surface area contributed by atoms with Crippen LogP contribution in [0.4, 0.5) is 10.5 Å². The Bertz CT molecular complexity index is 2380. The van der Waals surface area contributed by atoms with Crippen molar-refractivity contribution in [1.82, 2.24) is 25.3 Å². The number of carbonyl (C=O) groups excluding carboxylic acids is 6. The number of methoxy groups -OCH3 is 2. The number of nitrogens with one attached hydrogen (secondary N) is 3. The number of carbonyl (C=O) groups is 7. The minimum Gasteiger partial charge on any atom is -0.479 e. The number of aliphatic carboxylic acids is 1. The van der Waals surface area contributed by atoms with Crippen LogP contribution in [-0.2, 0) is 54.3 Å². The maximum atomic E-state index is 14.7. The van der Waals surface area contributed by atoms with Gasteiger partial charge in [0.05, 0.1) is 54.5 Å². The molecule has 448 valence electrons. The van der Waals surface area contributed by atoms with E-state index in [9.17, 15) is 59.1 Å². The van der Waals surface area contributed by atoms with Gasteiger partial charge in [0.2, 0.25) is 35.8 Å². The summed E-state index contributed by atoms with van der Waals surface area (Å²) in [6.45, 7) is 14.4. The van der Waals surface area contributed by atoms with Gasteiger partial charge >= 0.3 is 12.1 Å². The Labute approximate surface area is 468 Å². The summed E-state index contributed by atoms with van der Waals surface area (Å²) in [4.78, 5) is 99.7. The number of anilines is 1. The fourth-order valence-electron chi connectivity index (χ4n) is 10.4. The van der Waals surface area contributed by atoms with Crippen LogP contribution in [0.5, 0.6) is 5.75 Å². The summed E-state index contributed by atoms with van der Waals surface area (Å²) < 4.78 is 28.6. The molecule has 2 heterocycles. The number of hydrogen-bond acceptors (Lipinski definition) is 17. The molecule has 15 atom stereocenters. The number of carboxylic acid groups (broad SMARTS) is 1. The highest BCUT2D eigenvalue weighted by Gasteiger charge is 2.49. The Balaban J connectivity index is 1.47. The van der Waals surface area contributed by atoms with Gasteiger partial charge in [-0.05, 0) is 60.8 Å². The fourth-order valence-corrected chi connectivity index (χ4v) is 10.4. The first-order chi connectivity index (χ1) is 37.7. The van der Waals surface area contributed by atoms with Crippen LogP contribution in [0.3, 0.4) is 0 Å². The number of likely N-dealkylation sites (tertiary alicyclic amines) is 1. The van der Waals surface area contributed by atoms with Crippen LogP contribution in [0.25, 0.3) is 0 Å². The van der Waals surface area contributed by atoms with E-state index in [4.69, 9.17) is 29.4 Å². The molecule has 24 nitrogen and oxygen atoms in total. The Hall–Kier alpha value is -5.99. The van der Waals surface area contributed by atoms with Crippen molar-refractivity contribution in [2.75, 3.05) is 46.7 Å². The van der Waals surface area contributed by atoms with Gasteiger partial charge in [0.15, 0.2) is 6.10 Å². The molecule has 0 bridgehead atoms. The molecule has 2 aliphatic heterocycles. The quantitative estimate of drug-likeness (QED) is 0.0589. The highest BCUT2D eigenvalue weighted by molar-refractivity contribution is 5.93. The molecule has 2 saturated heterocycles. The highest BCUT2D eigenvalue weighted by Crippen LogP contribution is 2.33. The van der Waals surface area contributed by atoms with Crippen LogP contribution >= 0.6 is 0 Å². The van der Waals surface area contributed by atoms with Crippen molar-refractivity contribution in [3.05, 3.63) is 59.7 Å². The molecule has 6 amide bonds. The van der Waals surface area contributed by atoms with Gasteiger partial charge in [0.25, 0.3) is 0 Å². The van der Waals surface area contributed by atoms with Gasteiger partial charge < -0.3 is 80.7 Å². The monoisotopic (exact) mass is 1130 g/mol. The largest absolute Gasteiger partial charge is 0.479 e. The molecule has 0 radical (unpaired) electrons. The topological polar surface area (TPSA) is 339 Å². The second-order valence-corrected chi connectivity index (χ2v) is 21.6. The first kappa shape index (κ1) is 66.5. The van der Waals surface area contributed by atoms with E-state index in [0.29, 0.717) is 36.9 Å². The fraction of sp³-hybridized carbons (Fsp3) is 0.661. The lowest BCUT2D eigenvalue weighted by atomic mass is 9.89. The molecule has 2 aromatic carbocycles. The molecule has 2 aliphatic rings. The number of benzene rings is 2. The molecule has 24 heteroatoms. The third-order valence-corrected chi connectivity index (χ3v) is 15.2. The van der Waals surface area contributed by atoms with Crippen molar-refractivity contribution in [2.45, 2.75) is 173 Å². The number of amides is 6. The second kappa shape index (κ2) is 30.7. The number of aliphatic hydroxyl groups excluding tert-OH is 4. The summed E-state index contributed by atoms with van der Waals surface area (Å²) in [7, 11) is 5.97. The Morgan fingerprint density at radius 3 is 2.09 bits per heavy atom. The molecular formula is C56H87N7O17. The number of aliphatic hydroxyl groups is 4. The molecule has 0 spiro atoms. The molecule has 1 unspecified atom stereocenters. The first-order valence-electron chi connectivity index (χ1n) is 27.3. The number of rotatable bonds is 28. The van der Waals surface area contributed by atoms with Crippen molar-refractivity contribution < 1.29 is 82.8 Å². The van der Waals surface area contributed by atoms with Crippen molar-refractivity contribution in [3.63, 3.8) is 0 Å². The van der Waals surface area contributed by atoms with Gasteiger partial charge in [-0.25, -0.2) is 9.59 Å². The Morgan fingerprint density at radius 2 is 1.51 bits per heavy atom. The van der Waals surface area contributed by atoms with E-state index in [1.165, 1.54) is 44.4 Å². The van der Waals surface area contributed by atoms with E-state index in [1.54, 1.807) is 65.6 Å². The third-order valence-electron chi connectivity index (χ3n) is 15.2. The van der Waals surface area contributed by atoms with Gasteiger partial charge in [-0.2, -0.15) is 0 Å². The van der Waals surface area contributed by atoms with E-state index in [0.717, 1.165) is 4.90 Å². The molecule has 80 heavy (non-hydrogen) atoms. The number of carboxylic acids is 1. The van der Waals surface area contributed by atoms with Gasteiger partial charge in [-0.15, -0.1) is 0 Å². The highest BCUT2D eigenvalue weighted by atomic mass is 16.7. The minimum atomic E-state index is -1.97. The standard InChI is InChI=1S/C56H87N7O17/c1-13-31(6)44(39(76-11)27-41(65)63-25-17-20-37(63)49(77-12)32(7)51(70)58-33(8)45(66)35-18-15-14-16-19-35)61(9)53(72)42(29(2)3)60-52(71)43(30(4)5)62(10)56(75)78-28-34-21-22-38(36(26-34)59-40(64)23-24-57)79-55-48(69)46(67)47(68)50(80-55)54(73)74/h14-16,18-19,21-22,26,29-33,37,39,42-50,55,66-69H,13,17,20,23-25,27-28,57H2,1-12H3,(H,58,70)(H,59,64)(H,60,71)(H,73,74)/t31-,32+,33+,37?,39+,42-,43-,44-,45+,46-,47-,48+,49+,50-,55+/m0/s1. The van der Waals surface area contributed by atoms with Crippen LogP contribution in [0.15, 0.2) is 48.5 Å². The molecule has 10 N–H and O–H groups in total. The maximum Gasteiger partial charge on any atom is 0.410 e. The van der Waals surface area contributed by atoms with E-state index < -0.39 is 133 Å². The number of likely N-dealkylation sites (N-methyl/N-ethyl adjacent to an activating group) is 2. The van der Waals surface area contributed by atoms with E-state index in [1.807, 2.05) is 32.0 Å². The third kappa shape index (κ3) is 16.8. The second-order valence-electron chi connectivity index (χ2n) is 21.6. The van der Waals surface area contributed by atoms with E-state index in [-0.39, 0.29) is 48.6 Å². The van der Waals surface area contributed by atoms with Gasteiger partial charge in [0.1, 0.15) is 42.8 Å². The van der Waals surface area contributed by atoms with Crippen molar-refractivity contribution in [1.29, 1.82) is 0 Å². The van der Waals surface area contributed by atoms with Gasteiger partial charge in [-0.3, -0.25) is 28.9 Å². The van der Waals surface area contributed by atoms with Gasteiger partial charge in [-0.1, -0.05) is 91.3 Å². The van der Waals surface area contributed by atoms with Gasteiger partial charge in [0, 0.05) is 47.8 Å². The molecule has 2 aromatic rings. The van der Waals surface area contributed by atoms with Crippen molar-refractivity contribution in [2.24, 2.45) is 29.4 Å². The zero-order valence-electron chi connectivity index (χ0n) is 48.1. The Morgan fingerprint density at radius 1 is 0.850 bits per heavy atom. The van der Waals surface area contributed by atoms with Crippen LogP contribution in [0, 0.1) is 23.7 Å². The number of nitrogens with zero attached hydrogens (tertiary/aromatic N) is 3. The Kier molecular flexibility index (Phi) is 25.5. The molecule has 4 rings (SSSR count). The SMILES string of the molecule is CC[C@H](C)[C@@H]([C@@H](CC(=O)N1CCCC1[C@H](OC)[C@@H](C)C(=O)N[C@H](C)[C@@H](O)c1ccccc1)OC)N(C)C(=O)[C@@H](NC(=O)[C@H](C(C)C)N(C)C(=O)OCc1ccc(O[C@@H]2O[C@H](C(=O)O)[C@@H](O)[C@H](O)[C@H]2O)c(NC(=O)CCN)c1)C(C)C. The predicted octanol–water partition coefficient (Wildman–Crippen LogP) is 2.14. The summed E-state index contributed by atoms with van der Waals surface area (Å²) in [6.07, 6.45) is -11.3. The lowest BCUT2D eigenvalue weighted by molar-refractivity contribution is -0.271. The summed E-state index contributed by atoms with van der Waals surface area (Å²) in [5, 5.41) is 59.8. The van der Waals surface area contributed by atoms with Crippen LogP contribution in [0.1, 0.15) is 105 Å². The summed E-state index contributed by atoms with van der Waals surface area (Å²) >= 11 is 0. The molecule has 0 saturated carbocycles. The lowest BCUT2D eigenvalue weighted by Gasteiger charge is -2.41. The lowest BCUT2D eigenvalue weighted by Crippen LogP contribution is -2.61. The first-order valence-corrected chi connectivity index (χ1v) is 27.3. The van der Waals surface area contributed by atoms with Crippen molar-refractivity contribution in [3.8, 4) is 5.75 Å². The zero-order valence-corrected chi connectivity index (χ0v) is 48.1. The molecule has 0 aliphatic carbocycles. The van der Waals surface area contributed by atoms with Crippen LogP contribution < -0.4 is 26.4 Å². The molecular weight excluding hydrogens is 1040 g/mol. The van der Waals surface area contributed by atoms with Crippen LogP contribution in [-0.4, -0.2) is 196 Å². The smallest absolute Gasteiger partial charge is 0.410 e. The zero-order chi connectivity index (χ0) is 59.9. The predicted molar refractivity (Wildman–Crippen MR) is 292 cm³/mol. The summed E-state index contributed by atoms with van der Waals surface area (Å²) in [6, 6.07) is 9.20. The molecule has 0 aromatic heterocycles. The average Bonchev–Trinajstić information content (AvgIpc) is 3.91. The summed E-state index contributed by atoms with van der Waals surface area (Å²) in [5.41, 5.74) is 6.50. The van der Waals surface area contributed by atoms with Crippen molar-refractivity contribution >= 4 is 47.3 Å². The normalized spacial score (nSPS) is 22.6. The minimum absolute atomic E-state index is 0.0190. The van der Waals surface area contributed by atoms with E-state index in [2.05, 4.69) is 16.0 Å². The molecule has 2 fully saturated rings.